The molecule has 1 aliphatic heterocycles. The van der Waals surface area contributed by atoms with Crippen LogP contribution in [0.2, 0.25) is 0 Å². The van der Waals surface area contributed by atoms with Crippen LogP contribution < -0.4 is 0 Å². The van der Waals surface area contributed by atoms with Crippen molar-refractivity contribution in [2.75, 3.05) is 6.54 Å². The number of rotatable bonds is 17. The number of halogens is 2. The summed E-state index contributed by atoms with van der Waals surface area (Å²) < 4.78 is 1.80. The number of unbranched alkanes of at least 4 members (excludes halogenated alkanes) is 13. The number of aliphatic hydroxyl groups excluding tert-OH is 1. The maximum atomic E-state index is 13.2. The minimum absolute atomic E-state index is 0.128. The molecule has 2 aromatic carbocycles. The summed E-state index contributed by atoms with van der Waals surface area (Å²) in [4.78, 5) is 28.0. The van der Waals surface area contributed by atoms with Crippen molar-refractivity contribution >= 4 is 49.3 Å². The number of aliphatic hydroxyl groups is 1. The van der Waals surface area contributed by atoms with Crippen molar-refractivity contribution < 1.29 is 14.7 Å². The summed E-state index contributed by atoms with van der Waals surface area (Å²) in [5.74, 6) is -1.28. The van der Waals surface area contributed by atoms with Gasteiger partial charge in [0, 0.05) is 21.1 Å². The Kier molecular flexibility index (Phi) is 13.8. The Bertz CT molecular complexity index is 1080. The number of benzene rings is 2. The number of nitrogens with zero attached hydrogens (tertiary/aromatic N) is 1. The number of amides is 1. The molecule has 1 unspecified atom stereocenters. The van der Waals surface area contributed by atoms with Gasteiger partial charge in [-0.2, -0.15) is 0 Å². The van der Waals surface area contributed by atoms with E-state index in [9.17, 15) is 14.7 Å². The number of likely N-dealkylation sites (tertiary alicyclic amines) is 1. The van der Waals surface area contributed by atoms with E-state index < -0.39 is 17.7 Å². The number of hydrogen-bond donors (Lipinski definition) is 1. The Hall–Kier alpha value is -1.92. The molecule has 4 nitrogen and oxygen atoms in total. The molecule has 0 bridgehead atoms. The second-order valence-electron chi connectivity index (χ2n) is 10.6. The van der Waals surface area contributed by atoms with E-state index in [-0.39, 0.29) is 11.3 Å². The van der Waals surface area contributed by atoms with Crippen LogP contribution in [-0.2, 0) is 9.59 Å². The number of Topliss-reactive ketones (excluding diaryl/α,β-unsaturated/α-hetero) is 1. The summed E-state index contributed by atoms with van der Waals surface area (Å²) in [6, 6.07) is 14.2. The van der Waals surface area contributed by atoms with E-state index in [4.69, 9.17) is 0 Å². The van der Waals surface area contributed by atoms with Crippen LogP contribution >= 0.6 is 31.9 Å². The standard InChI is InChI=1S/C33H43Br2NO3/c1-2-3-4-5-6-7-8-9-10-11-12-13-14-15-24-36-30(25-16-20-27(34)21-17-25)29(32(38)33(36)39)31(37)26-18-22-28(35)23-19-26/h16-23,30,37H,2-15,24H2,1H3/b31-29+. The van der Waals surface area contributed by atoms with Crippen molar-refractivity contribution in [2.24, 2.45) is 0 Å². The van der Waals surface area contributed by atoms with Crippen molar-refractivity contribution in [3.8, 4) is 0 Å². The number of ketones is 1. The lowest BCUT2D eigenvalue weighted by molar-refractivity contribution is -0.139. The fourth-order valence-electron chi connectivity index (χ4n) is 5.34. The van der Waals surface area contributed by atoms with Crippen LogP contribution in [0.3, 0.4) is 0 Å². The third-order valence-electron chi connectivity index (χ3n) is 7.60. The van der Waals surface area contributed by atoms with Crippen LogP contribution in [0.25, 0.3) is 5.76 Å². The average molecular weight is 662 g/mol. The van der Waals surface area contributed by atoms with Crippen molar-refractivity contribution in [1.82, 2.24) is 4.90 Å². The van der Waals surface area contributed by atoms with Gasteiger partial charge in [0.05, 0.1) is 11.6 Å². The molecule has 1 amide bonds. The lowest BCUT2D eigenvalue weighted by Crippen LogP contribution is -2.30. The Morgan fingerprint density at radius 3 is 1.62 bits per heavy atom. The molecule has 6 heteroatoms. The summed E-state index contributed by atoms with van der Waals surface area (Å²) in [6.45, 7) is 2.76. The molecule has 2 aromatic rings. The summed E-state index contributed by atoms with van der Waals surface area (Å²) in [6.07, 6.45) is 17.7. The molecular weight excluding hydrogens is 618 g/mol. The number of carbonyl (C=O) groups excluding carboxylic acids is 2. The quantitative estimate of drug-likeness (QED) is 0.0795. The Labute approximate surface area is 251 Å². The first-order valence-corrected chi connectivity index (χ1v) is 16.3. The molecule has 1 aliphatic rings. The third kappa shape index (κ3) is 9.60. The Morgan fingerprint density at radius 2 is 1.13 bits per heavy atom. The van der Waals surface area contributed by atoms with Crippen molar-refractivity contribution in [1.29, 1.82) is 0 Å². The van der Waals surface area contributed by atoms with Gasteiger partial charge in [0.25, 0.3) is 11.7 Å². The zero-order valence-corrected chi connectivity index (χ0v) is 26.4. The molecule has 1 saturated heterocycles. The number of hydrogen-bond acceptors (Lipinski definition) is 3. The molecule has 0 spiro atoms. The second-order valence-corrected chi connectivity index (χ2v) is 12.5. The first kappa shape index (κ1) is 31.6. The number of carbonyl (C=O) groups is 2. The van der Waals surface area contributed by atoms with Crippen molar-refractivity contribution in [2.45, 2.75) is 103 Å². The van der Waals surface area contributed by atoms with Gasteiger partial charge in [0.2, 0.25) is 0 Å². The van der Waals surface area contributed by atoms with E-state index in [0.29, 0.717) is 12.1 Å². The fourth-order valence-corrected chi connectivity index (χ4v) is 5.87. The molecule has 1 atom stereocenters. The van der Waals surface area contributed by atoms with E-state index in [1.165, 1.54) is 70.6 Å². The van der Waals surface area contributed by atoms with Crippen LogP contribution in [0.4, 0.5) is 0 Å². The van der Waals surface area contributed by atoms with Gasteiger partial charge < -0.3 is 10.0 Å². The molecule has 1 N–H and O–H groups in total. The van der Waals surface area contributed by atoms with E-state index in [2.05, 4.69) is 38.8 Å². The Balaban J connectivity index is 1.52. The Morgan fingerprint density at radius 1 is 0.692 bits per heavy atom. The summed E-state index contributed by atoms with van der Waals surface area (Å²) in [5, 5.41) is 11.2. The van der Waals surface area contributed by atoms with E-state index in [1.54, 1.807) is 17.0 Å². The van der Waals surface area contributed by atoms with Crippen LogP contribution in [0.1, 0.15) is 114 Å². The minimum atomic E-state index is -0.617. The van der Waals surface area contributed by atoms with Gasteiger partial charge in [-0.15, -0.1) is 0 Å². The van der Waals surface area contributed by atoms with Gasteiger partial charge in [-0.05, 0) is 36.2 Å². The second kappa shape index (κ2) is 17.0. The maximum absolute atomic E-state index is 13.2. The molecule has 0 saturated carbocycles. The van der Waals surface area contributed by atoms with E-state index in [0.717, 1.165) is 33.8 Å². The highest BCUT2D eigenvalue weighted by molar-refractivity contribution is 9.10. The van der Waals surface area contributed by atoms with Crippen molar-refractivity contribution in [3.63, 3.8) is 0 Å². The molecule has 1 fully saturated rings. The van der Waals surface area contributed by atoms with Gasteiger partial charge in [0.15, 0.2) is 0 Å². The van der Waals surface area contributed by atoms with E-state index >= 15 is 0 Å². The molecule has 39 heavy (non-hydrogen) atoms. The zero-order valence-electron chi connectivity index (χ0n) is 23.3. The van der Waals surface area contributed by atoms with Crippen LogP contribution in [0.15, 0.2) is 63.0 Å². The molecule has 1 heterocycles. The highest BCUT2D eigenvalue weighted by Crippen LogP contribution is 2.40. The normalized spacial score (nSPS) is 16.8. The smallest absolute Gasteiger partial charge is 0.295 e. The van der Waals surface area contributed by atoms with Gasteiger partial charge in [-0.3, -0.25) is 9.59 Å². The molecule has 0 aliphatic carbocycles. The minimum Gasteiger partial charge on any atom is -0.507 e. The predicted octanol–water partition coefficient (Wildman–Crippen LogP) is 10.1. The van der Waals surface area contributed by atoms with Crippen molar-refractivity contribution in [3.05, 3.63) is 74.2 Å². The largest absolute Gasteiger partial charge is 0.507 e. The molecular formula is C33H43Br2NO3. The van der Waals surface area contributed by atoms with Gasteiger partial charge in [-0.25, -0.2) is 0 Å². The van der Waals surface area contributed by atoms with Gasteiger partial charge in [-0.1, -0.05) is 147 Å². The molecule has 3 rings (SSSR count). The third-order valence-corrected chi connectivity index (χ3v) is 8.65. The molecule has 212 valence electrons. The van der Waals surface area contributed by atoms with Crippen LogP contribution in [0, 0.1) is 0 Å². The first-order chi connectivity index (χ1) is 18.9. The average Bonchev–Trinajstić information content (AvgIpc) is 3.18. The van der Waals surface area contributed by atoms with Gasteiger partial charge in [0.1, 0.15) is 5.76 Å². The summed E-state index contributed by atoms with van der Waals surface area (Å²) in [5.41, 5.74) is 1.51. The highest BCUT2D eigenvalue weighted by Gasteiger charge is 2.45. The van der Waals surface area contributed by atoms with Crippen LogP contribution in [-0.4, -0.2) is 28.2 Å². The lowest BCUT2D eigenvalue weighted by Gasteiger charge is -2.25. The lowest BCUT2D eigenvalue weighted by atomic mass is 9.95. The first-order valence-electron chi connectivity index (χ1n) is 14.7. The van der Waals surface area contributed by atoms with Gasteiger partial charge >= 0.3 is 0 Å². The zero-order chi connectivity index (χ0) is 28.0. The van der Waals surface area contributed by atoms with Crippen LogP contribution in [0.5, 0.6) is 0 Å². The monoisotopic (exact) mass is 659 g/mol. The SMILES string of the molecule is CCCCCCCCCCCCCCCCN1C(=O)C(=O)/C(=C(/O)c2ccc(Br)cc2)C1c1ccc(Br)cc1. The molecule has 0 aromatic heterocycles. The molecule has 0 radical (unpaired) electrons. The summed E-state index contributed by atoms with van der Waals surface area (Å²) in [7, 11) is 0. The predicted molar refractivity (Wildman–Crippen MR) is 168 cm³/mol. The fraction of sp³-hybridized carbons (Fsp3) is 0.515. The van der Waals surface area contributed by atoms with E-state index in [1.807, 2.05) is 36.4 Å². The highest BCUT2D eigenvalue weighted by atomic mass is 79.9. The maximum Gasteiger partial charge on any atom is 0.295 e. The topological polar surface area (TPSA) is 57.6 Å². The summed E-state index contributed by atoms with van der Waals surface area (Å²) >= 11 is 6.87.